The number of nitrogens with zero attached hydrogens (tertiary/aromatic N) is 1. The summed E-state index contributed by atoms with van der Waals surface area (Å²) < 4.78 is 31.9. The van der Waals surface area contributed by atoms with E-state index >= 15 is 0 Å². The maximum absolute atomic E-state index is 12.1. The number of thiophene rings is 1. The van der Waals surface area contributed by atoms with Crippen molar-refractivity contribution in [3.63, 3.8) is 0 Å². The van der Waals surface area contributed by atoms with Crippen LogP contribution in [0.4, 0.5) is 5.00 Å². The second-order valence-corrected chi connectivity index (χ2v) is 8.03. The summed E-state index contributed by atoms with van der Waals surface area (Å²) in [6, 6.07) is 2.13. The van der Waals surface area contributed by atoms with Crippen molar-refractivity contribution in [2.75, 3.05) is 23.6 Å². The van der Waals surface area contributed by atoms with Gasteiger partial charge >= 0.3 is 0 Å². The zero-order valence-corrected chi connectivity index (χ0v) is 13.7. The van der Waals surface area contributed by atoms with Gasteiger partial charge in [-0.1, -0.05) is 0 Å². The van der Waals surface area contributed by atoms with E-state index in [1.54, 1.807) is 0 Å². The molecule has 0 aromatic carbocycles. The van der Waals surface area contributed by atoms with Crippen LogP contribution in [0.1, 0.15) is 29.9 Å². The lowest BCUT2D eigenvalue weighted by Gasteiger charge is -2.11. The fourth-order valence-corrected chi connectivity index (χ4v) is 4.48. The van der Waals surface area contributed by atoms with Crippen LogP contribution in [0, 0.1) is 11.3 Å². The van der Waals surface area contributed by atoms with Gasteiger partial charge in [-0.3, -0.25) is 4.72 Å². The van der Waals surface area contributed by atoms with Crippen molar-refractivity contribution in [3.05, 3.63) is 16.0 Å². The minimum Gasteiger partial charge on any atom is -0.378 e. The maximum atomic E-state index is 12.1. The number of fused-ring (bicyclic) bond motifs is 1. The summed E-state index contributed by atoms with van der Waals surface area (Å²) in [5.74, 6) is -0.114. The van der Waals surface area contributed by atoms with Crippen molar-refractivity contribution in [2.24, 2.45) is 0 Å². The van der Waals surface area contributed by atoms with Crippen LogP contribution in [0.5, 0.6) is 0 Å². The molecule has 116 valence electrons. The highest BCUT2D eigenvalue weighted by atomic mass is 32.2. The second kappa shape index (κ2) is 6.75. The minimum absolute atomic E-state index is 0.00463. The number of hydrogen-bond donors (Lipinski definition) is 2. The lowest BCUT2D eigenvalue weighted by molar-refractivity contribution is 0.0913. The normalized spacial score (nSPS) is 14.8. The number of rotatable bonds is 6. The lowest BCUT2D eigenvalue weighted by atomic mass is 10.1. The smallest absolute Gasteiger partial charge is 0.235 e. The molecule has 0 radical (unpaired) electrons. The van der Waals surface area contributed by atoms with Crippen molar-refractivity contribution in [2.45, 2.75) is 32.9 Å². The van der Waals surface area contributed by atoms with Gasteiger partial charge in [0.2, 0.25) is 10.0 Å². The van der Waals surface area contributed by atoms with Gasteiger partial charge in [0.15, 0.2) is 0 Å². The number of hydrogen-bond acceptors (Lipinski definition) is 6. The Labute approximate surface area is 129 Å². The summed E-state index contributed by atoms with van der Waals surface area (Å²) >= 11 is 1.34. The minimum atomic E-state index is -3.50. The van der Waals surface area contributed by atoms with Gasteiger partial charge in [-0.05, 0) is 32.4 Å². The molecule has 0 saturated carbocycles. The van der Waals surface area contributed by atoms with Gasteiger partial charge in [0.1, 0.15) is 11.1 Å². The molecule has 1 aromatic heterocycles. The Morgan fingerprint density at radius 3 is 2.95 bits per heavy atom. The molecule has 2 heterocycles. The van der Waals surface area contributed by atoms with Crippen LogP contribution in [0.15, 0.2) is 0 Å². The van der Waals surface area contributed by atoms with E-state index in [1.165, 1.54) is 11.3 Å². The monoisotopic (exact) mass is 329 g/mol. The van der Waals surface area contributed by atoms with Crippen LogP contribution in [-0.2, 0) is 27.7 Å². The molecule has 1 aliphatic rings. The molecule has 0 aliphatic carbocycles. The predicted molar refractivity (Wildman–Crippen MR) is 82.9 cm³/mol. The molecule has 8 heteroatoms. The van der Waals surface area contributed by atoms with Crippen molar-refractivity contribution < 1.29 is 13.2 Å². The highest BCUT2D eigenvalue weighted by Crippen LogP contribution is 2.35. The Morgan fingerprint density at radius 2 is 2.29 bits per heavy atom. The molecule has 0 amide bonds. The SMILES string of the molecule is CC(C)OCCS(=O)(=O)Nc1sc2c(c1C#N)CCNC2. The van der Waals surface area contributed by atoms with Crippen LogP contribution in [0.2, 0.25) is 0 Å². The third-order valence-corrected chi connectivity index (χ3v) is 5.59. The topological polar surface area (TPSA) is 91.2 Å². The van der Waals surface area contributed by atoms with E-state index in [-0.39, 0.29) is 18.5 Å². The van der Waals surface area contributed by atoms with E-state index in [2.05, 4.69) is 16.1 Å². The highest BCUT2D eigenvalue weighted by Gasteiger charge is 2.23. The number of anilines is 1. The number of ether oxygens (including phenoxy) is 1. The lowest BCUT2D eigenvalue weighted by Crippen LogP contribution is -2.22. The van der Waals surface area contributed by atoms with E-state index in [0.717, 1.165) is 23.4 Å². The molecule has 21 heavy (non-hydrogen) atoms. The molecule has 2 N–H and O–H groups in total. The van der Waals surface area contributed by atoms with Crippen LogP contribution >= 0.6 is 11.3 Å². The first-order valence-electron chi connectivity index (χ1n) is 6.80. The first-order valence-corrected chi connectivity index (χ1v) is 9.27. The van der Waals surface area contributed by atoms with E-state index < -0.39 is 10.0 Å². The average molecular weight is 329 g/mol. The first-order chi connectivity index (χ1) is 9.93. The van der Waals surface area contributed by atoms with Crippen molar-refractivity contribution in [3.8, 4) is 6.07 Å². The summed E-state index contributed by atoms with van der Waals surface area (Å²) in [7, 11) is -3.50. The molecular weight excluding hydrogens is 310 g/mol. The van der Waals surface area contributed by atoms with Gasteiger partial charge in [-0.25, -0.2) is 8.42 Å². The standard InChI is InChI=1S/C13H19N3O3S2/c1-9(2)19-5-6-21(17,18)16-13-11(7-14)10-3-4-15-8-12(10)20-13/h9,15-16H,3-6,8H2,1-2H3. The van der Waals surface area contributed by atoms with Gasteiger partial charge in [0.25, 0.3) is 0 Å². The summed E-state index contributed by atoms with van der Waals surface area (Å²) in [5, 5.41) is 12.9. The number of nitrogens with one attached hydrogen (secondary N) is 2. The molecule has 1 aliphatic heterocycles. The Bertz CT molecular complexity index is 644. The Morgan fingerprint density at radius 1 is 1.52 bits per heavy atom. The quantitative estimate of drug-likeness (QED) is 0.824. The molecule has 0 bridgehead atoms. The van der Waals surface area contributed by atoms with E-state index in [1.807, 2.05) is 13.8 Å². The number of sulfonamides is 1. The average Bonchev–Trinajstić information content (AvgIpc) is 2.73. The van der Waals surface area contributed by atoms with E-state index in [0.29, 0.717) is 17.1 Å². The summed E-state index contributed by atoms with van der Waals surface area (Å²) in [4.78, 5) is 1.04. The third-order valence-electron chi connectivity index (χ3n) is 3.09. The molecule has 0 spiro atoms. The summed E-state index contributed by atoms with van der Waals surface area (Å²) in [5.41, 5.74) is 1.43. The van der Waals surface area contributed by atoms with Gasteiger partial charge in [0.05, 0.1) is 24.0 Å². The Hall–Kier alpha value is -1.14. The molecule has 0 unspecified atom stereocenters. The van der Waals surface area contributed by atoms with E-state index in [9.17, 15) is 13.7 Å². The van der Waals surface area contributed by atoms with Gasteiger partial charge < -0.3 is 10.1 Å². The molecule has 1 aromatic rings. The molecule has 0 fully saturated rings. The zero-order valence-electron chi connectivity index (χ0n) is 12.1. The van der Waals surface area contributed by atoms with Crippen molar-refractivity contribution in [1.82, 2.24) is 5.32 Å². The van der Waals surface area contributed by atoms with Gasteiger partial charge in [0, 0.05) is 11.4 Å². The number of nitriles is 1. The molecule has 0 atom stereocenters. The van der Waals surface area contributed by atoms with Crippen LogP contribution in [0.25, 0.3) is 0 Å². The largest absolute Gasteiger partial charge is 0.378 e. The zero-order chi connectivity index (χ0) is 15.5. The highest BCUT2D eigenvalue weighted by molar-refractivity contribution is 7.92. The molecule has 0 saturated heterocycles. The molecular formula is C13H19N3O3S2. The van der Waals surface area contributed by atoms with E-state index in [4.69, 9.17) is 4.74 Å². The Balaban J connectivity index is 2.12. The van der Waals surface area contributed by atoms with Crippen LogP contribution < -0.4 is 10.0 Å². The fourth-order valence-electron chi connectivity index (χ4n) is 2.11. The van der Waals surface area contributed by atoms with Crippen LogP contribution in [-0.4, -0.2) is 33.4 Å². The van der Waals surface area contributed by atoms with Crippen molar-refractivity contribution in [1.29, 1.82) is 5.26 Å². The molecule has 2 rings (SSSR count). The predicted octanol–water partition coefficient (Wildman–Crippen LogP) is 1.43. The van der Waals surface area contributed by atoms with Crippen LogP contribution in [0.3, 0.4) is 0 Å². The Kier molecular flexibility index (Phi) is 5.22. The second-order valence-electron chi connectivity index (χ2n) is 5.09. The first kappa shape index (κ1) is 16.2. The fraction of sp³-hybridized carbons (Fsp3) is 0.615. The van der Waals surface area contributed by atoms with Gasteiger partial charge in [-0.2, -0.15) is 5.26 Å². The van der Waals surface area contributed by atoms with Gasteiger partial charge in [-0.15, -0.1) is 11.3 Å². The van der Waals surface area contributed by atoms with Crippen molar-refractivity contribution >= 4 is 26.4 Å². The summed E-state index contributed by atoms with van der Waals surface area (Å²) in [6.45, 7) is 5.35. The maximum Gasteiger partial charge on any atom is 0.235 e. The third kappa shape index (κ3) is 4.17. The summed E-state index contributed by atoms with van der Waals surface area (Å²) in [6.07, 6.45) is 0.752. The molecule has 6 nitrogen and oxygen atoms in total.